The molecule has 0 unspecified atom stereocenters. The van der Waals surface area contributed by atoms with Crippen LogP contribution >= 0.6 is 15.9 Å². The predicted molar refractivity (Wildman–Crippen MR) is 83.4 cm³/mol. The van der Waals surface area contributed by atoms with Gasteiger partial charge in [-0.2, -0.15) is 0 Å². The third kappa shape index (κ3) is 2.98. The van der Waals surface area contributed by atoms with Crippen LogP contribution in [0.25, 0.3) is 11.4 Å². The highest BCUT2D eigenvalue weighted by Crippen LogP contribution is 2.29. The molecule has 1 heterocycles. The second-order valence-corrected chi connectivity index (χ2v) is 5.33. The summed E-state index contributed by atoms with van der Waals surface area (Å²) in [6.45, 7) is 6.85. The van der Waals surface area contributed by atoms with Crippen molar-refractivity contribution in [2.75, 3.05) is 11.9 Å². The van der Waals surface area contributed by atoms with Gasteiger partial charge >= 0.3 is 0 Å². The summed E-state index contributed by atoms with van der Waals surface area (Å²) in [4.78, 5) is 9.08. The fraction of sp³-hybridized carbons (Fsp3) is 0.333. The van der Waals surface area contributed by atoms with Crippen molar-refractivity contribution in [2.24, 2.45) is 0 Å². The van der Waals surface area contributed by atoms with E-state index in [0.717, 1.165) is 34.5 Å². The smallest absolute Gasteiger partial charge is 0.163 e. The summed E-state index contributed by atoms with van der Waals surface area (Å²) in [5.74, 6) is 1.05. The Morgan fingerprint density at radius 2 is 2.00 bits per heavy atom. The minimum atomic E-state index is -0.296. The topological polar surface area (TPSA) is 37.8 Å². The van der Waals surface area contributed by atoms with Crippen molar-refractivity contribution in [2.45, 2.75) is 27.2 Å². The molecule has 1 N–H and O–H groups in total. The number of nitrogens with one attached hydrogen (secondary N) is 1. The number of nitrogens with zero attached hydrogens (tertiary/aromatic N) is 2. The fourth-order valence-corrected chi connectivity index (χ4v) is 2.46. The van der Waals surface area contributed by atoms with Crippen molar-refractivity contribution in [3.63, 3.8) is 0 Å². The standard InChI is InChI=1S/C15H17BrFN3/c1-4-13-9(3)14(18-5-2)20-15(19-13)11-8-10(17)6-7-12(11)16/h6-8H,4-5H2,1-3H3,(H,18,19,20). The Morgan fingerprint density at radius 3 is 2.65 bits per heavy atom. The number of aromatic nitrogens is 2. The molecule has 0 aliphatic heterocycles. The van der Waals surface area contributed by atoms with E-state index in [4.69, 9.17) is 0 Å². The summed E-state index contributed by atoms with van der Waals surface area (Å²) < 4.78 is 14.2. The number of anilines is 1. The maximum atomic E-state index is 13.5. The Morgan fingerprint density at radius 1 is 1.25 bits per heavy atom. The summed E-state index contributed by atoms with van der Waals surface area (Å²) in [5.41, 5.74) is 2.69. The van der Waals surface area contributed by atoms with Crippen molar-refractivity contribution in [3.05, 3.63) is 39.7 Å². The first kappa shape index (κ1) is 14.9. The lowest BCUT2D eigenvalue weighted by atomic mass is 10.1. The van der Waals surface area contributed by atoms with Gasteiger partial charge in [0.1, 0.15) is 11.6 Å². The lowest BCUT2D eigenvalue weighted by Gasteiger charge is -2.13. The Kier molecular flexibility index (Phi) is 4.70. The maximum absolute atomic E-state index is 13.5. The highest BCUT2D eigenvalue weighted by molar-refractivity contribution is 9.10. The lowest BCUT2D eigenvalue weighted by Crippen LogP contribution is -2.07. The molecule has 0 spiro atoms. The minimum Gasteiger partial charge on any atom is -0.370 e. The summed E-state index contributed by atoms with van der Waals surface area (Å²) in [5, 5.41) is 3.23. The van der Waals surface area contributed by atoms with Crippen molar-refractivity contribution in [1.29, 1.82) is 0 Å². The number of aryl methyl sites for hydroxylation is 1. The van der Waals surface area contributed by atoms with Crippen LogP contribution < -0.4 is 5.32 Å². The Hall–Kier alpha value is -1.49. The van der Waals surface area contributed by atoms with Crippen LogP contribution in [-0.2, 0) is 6.42 Å². The summed E-state index contributed by atoms with van der Waals surface area (Å²) in [6.07, 6.45) is 0.812. The van der Waals surface area contributed by atoms with Crippen molar-refractivity contribution >= 4 is 21.7 Å². The molecule has 2 aromatic rings. The van der Waals surface area contributed by atoms with Gasteiger partial charge < -0.3 is 5.32 Å². The van der Waals surface area contributed by atoms with E-state index in [9.17, 15) is 4.39 Å². The minimum absolute atomic E-state index is 0.296. The first-order valence-electron chi connectivity index (χ1n) is 6.63. The van der Waals surface area contributed by atoms with Gasteiger partial charge in [-0.3, -0.25) is 0 Å². The van der Waals surface area contributed by atoms with E-state index >= 15 is 0 Å². The van der Waals surface area contributed by atoms with Crippen LogP contribution in [0.2, 0.25) is 0 Å². The molecule has 5 heteroatoms. The van der Waals surface area contributed by atoms with E-state index < -0.39 is 0 Å². The van der Waals surface area contributed by atoms with E-state index in [1.54, 1.807) is 6.07 Å². The van der Waals surface area contributed by atoms with Gasteiger partial charge in [0.25, 0.3) is 0 Å². The van der Waals surface area contributed by atoms with E-state index in [0.29, 0.717) is 11.4 Å². The molecule has 0 radical (unpaired) electrons. The molecule has 1 aromatic heterocycles. The summed E-state index contributed by atoms with van der Waals surface area (Å²) in [7, 11) is 0. The third-order valence-corrected chi connectivity index (χ3v) is 3.79. The quantitative estimate of drug-likeness (QED) is 0.901. The van der Waals surface area contributed by atoms with E-state index in [1.807, 2.05) is 13.8 Å². The molecule has 0 atom stereocenters. The highest BCUT2D eigenvalue weighted by Gasteiger charge is 2.13. The number of hydrogen-bond acceptors (Lipinski definition) is 3. The molecule has 0 aliphatic rings. The zero-order valence-corrected chi connectivity index (χ0v) is 13.4. The van der Waals surface area contributed by atoms with Gasteiger partial charge in [-0.15, -0.1) is 0 Å². The van der Waals surface area contributed by atoms with Crippen LogP contribution in [0.4, 0.5) is 10.2 Å². The molecule has 1 aromatic carbocycles. The molecule has 0 amide bonds. The molecular formula is C15H17BrFN3. The van der Waals surface area contributed by atoms with Gasteiger partial charge in [-0.05, 0) is 38.5 Å². The average Bonchev–Trinajstić information content (AvgIpc) is 2.44. The van der Waals surface area contributed by atoms with Crippen molar-refractivity contribution < 1.29 is 4.39 Å². The fourth-order valence-electron chi connectivity index (χ4n) is 2.04. The Bertz CT molecular complexity index is 629. The van der Waals surface area contributed by atoms with Crippen LogP contribution in [0.15, 0.2) is 22.7 Å². The Balaban J connectivity index is 2.61. The van der Waals surface area contributed by atoms with E-state index in [1.165, 1.54) is 12.1 Å². The monoisotopic (exact) mass is 337 g/mol. The molecule has 0 bridgehead atoms. The molecule has 0 fully saturated rings. The van der Waals surface area contributed by atoms with Crippen LogP contribution in [0.1, 0.15) is 25.1 Å². The second-order valence-electron chi connectivity index (χ2n) is 4.48. The van der Waals surface area contributed by atoms with Crippen LogP contribution in [0.3, 0.4) is 0 Å². The van der Waals surface area contributed by atoms with Crippen molar-refractivity contribution in [3.8, 4) is 11.4 Å². The maximum Gasteiger partial charge on any atom is 0.163 e. The zero-order valence-electron chi connectivity index (χ0n) is 11.8. The number of benzene rings is 1. The highest BCUT2D eigenvalue weighted by atomic mass is 79.9. The molecule has 3 nitrogen and oxygen atoms in total. The third-order valence-electron chi connectivity index (χ3n) is 3.10. The van der Waals surface area contributed by atoms with Gasteiger partial charge in [0.15, 0.2) is 5.82 Å². The summed E-state index contributed by atoms with van der Waals surface area (Å²) >= 11 is 3.43. The van der Waals surface area contributed by atoms with Gasteiger partial charge in [0, 0.05) is 27.8 Å². The van der Waals surface area contributed by atoms with Crippen molar-refractivity contribution in [1.82, 2.24) is 9.97 Å². The van der Waals surface area contributed by atoms with E-state index in [-0.39, 0.29) is 5.82 Å². The average molecular weight is 338 g/mol. The molecular weight excluding hydrogens is 321 g/mol. The SMILES string of the molecule is CCNc1nc(-c2cc(F)ccc2Br)nc(CC)c1C. The molecule has 106 valence electrons. The first-order chi connectivity index (χ1) is 9.56. The van der Waals surface area contributed by atoms with Crippen LogP contribution in [0.5, 0.6) is 0 Å². The van der Waals surface area contributed by atoms with E-state index in [2.05, 4.69) is 38.1 Å². The number of halogens is 2. The predicted octanol–water partition coefficient (Wildman–Crippen LogP) is 4.35. The zero-order chi connectivity index (χ0) is 14.7. The van der Waals surface area contributed by atoms with Gasteiger partial charge in [0.05, 0.1) is 0 Å². The van der Waals surface area contributed by atoms with Crippen LogP contribution in [0, 0.1) is 12.7 Å². The molecule has 20 heavy (non-hydrogen) atoms. The second kappa shape index (κ2) is 6.31. The van der Waals surface area contributed by atoms with Gasteiger partial charge in [0.2, 0.25) is 0 Å². The summed E-state index contributed by atoms with van der Waals surface area (Å²) in [6, 6.07) is 4.53. The largest absolute Gasteiger partial charge is 0.370 e. The normalized spacial score (nSPS) is 10.7. The lowest BCUT2D eigenvalue weighted by molar-refractivity contribution is 0.628. The van der Waals surface area contributed by atoms with Crippen LogP contribution in [-0.4, -0.2) is 16.5 Å². The number of rotatable bonds is 4. The number of hydrogen-bond donors (Lipinski definition) is 1. The van der Waals surface area contributed by atoms with Gasteiger partial charge in [-0.25, -0.2) is 14.4 Å². The molecule has 0 saturated heterocycles. The Labute approximate surface area is 126 Å². The molecule has 2 rings (SSSR count). The molecule has 0 aliphatic carbocycles. The van der Waals surface area contributed by atoms with Gasteiger partial charge in [-0.1, -0.05) is 22.9 Å². The first-order valence-corrected chi connectivity index (χ1v) is 7.42. The molecule has 0 saturated carbocycles.